The lowest BCUT2D eigenvalue weighted by atomic mass is 10.1. The fourth-order valence-electron chi connectivity index (χ4n) is 3.47. The number of ether oxygens (including phenoxy) is 1. The molecule has 1 aliphatic rings. The molecule has 1 heterocycles. The summed E-state index contributed by atoms with van der Waals surface area (Å²) in [6.07, 6.45) is 5.40. The third kappa shape index (κ3) is 5.70. The van der Waals surface area contributed by atoms with E-state index in [-0.39, 0.29) is 17.5 Å². The van der Waals surface area contributed by atoms with Gasteiger partial charge in [0.1, 0.15) is 11.4 Å². The van der Waals surface area contributed by atoms with Gasteiger partial charge in [0.15, 0.2) is 0 Å². The van der Waals surface area contributed by atoms with Crippen LogP contribution in [0.15, 0.2) is 23.0 Å². The van der Waals surface area contributed by atoms with Crippen LogP contribution in [0.25, 0.3) is 10.9 Å². The Kier molecular flexibility index (Phi) is 7.34. The maximum absolute atomic E-state index is 13.4. The van der Waals surface area contributed by atoms with Gasteiger partial charge in [0, 0.05) is 6.54 Å². The van der Waals surface area contributed by atoms with Gasteiger partial charge in [-0.25, -0.2) is 9.78 Å². The van der Waals surface area contributed by atoms with Crippen molar-refractivity contribution in [1.82, 2.24) is 14.9 Å². The molecule has 1 fully saturated rings. The lowest BCUT2D eigenvalue weighted by molar-refractivity contribution is 0.0493. The molecule has 164 valence electrons. The lowest BCUT2D eigenvalue weighted by Crippen LogP contribution is -2.39. The molecule has 3 rings (SSSR count). The molecule has 0 aliphatic heterocycles. The molecule has 0 bridgehead atoms. The number of rotatable bonds is 8. The highest BCUT2D eigenvalue weighted by atomic mass is 35.5. The second-order valence-electron chi connectivity index (χ2n) is 8.72. The Labute approximate surface area is 186 Å². The van der Waals surface area contributed by atoms with Crippen LogP contribution in [0.3, 0.4) is 0 Å². The summed E-state index contributed by atoms with van der Waals surface area (Å²) in [6, 6.07) is 4.93. The number of unbranched alkanes of at least 4 members (excludes halogenated alkanes) is 1. The number of nitrogens with one attached hydrogen (secondary N) is 1. The van der Waals surface area contributed by atoms with E-state index in [1.54, 1.807) is 34.5 Å². The summed E-state index contributed by atoms with van der Waals surface area (Å²) < 4.78 is 7.17. The van der Waals surface area contributed by atoms with E-state index in [1.807, 2.05) is 20.8 Å². The van der Waals surface area contributed by atoms with Crippen LogP contribution in [0.1, 0.15) is 58.3 Å². The highest BCUT2D eigenvalue weighted by Gasteiger charge is 2.37. The van der Waals surface area contributed by atoms with Crippen LogP contribution in [0.2, 0.25) is 5.02 Å². The van der Waals surface area contributed by atoms with Crippen molar-refractivity contribution in [3.05, 3.63) is 39.4 Å². The van der Waals surface area contributed by atoms with Gasteiger partial charge in [0.2, 0.25) is 0 Å². The first-order valence-corrected chi connectivity index (χ1v) is 12.2. The van der Waals surface area contributed by atoms with Crippen LogP contribution in [0, 0.1) is 5.92 Å². The molecule has 0 unspecified atom stereocenters. The number of thioether (sulfide) groups is 1. The Morgan fingerprint density at radius 3 is 2.73 bits per heavy atom. The summed E-state index contributed by atoms with van der Waals surface area (Å²) in [6.45, 7) is 6.03. The average Bonchev–Trinajstić information content (AvgIpc) is 3.48. The minimum atomic E-state index is -0.597. The number of alkyl carbamates (subject to hydrolysis) is 1. The van der Waals surface area contributed by atoms with E-state index in [9.17, 15) is 9.59 Å². The highest BCUT2D eigenvalue weighted by molar-refractivity contribution is 7.98. The Balaban J connectivity index is 2.02. The summed E-state index contributed by atoms with van der Waals surface area (Å²) in [5.41, 5.74) is -0.194. The van der Waals surface area contributed by atoms with Gasteiger partial charge >= 0.3 is 6.09 Å². The van der Waals surface area contributed by atoms with Gasteiger partial charge in [0.05, 0.1) is 22.0 Å². The first-order valence-electron chi connectivity index (χ1n) is 10.4. The van der Waals surface area contributed by atoms with Crippen LogP contribution < -0.4 is 10.9 Å². The van der Waals surface area contributed by atoms with E-state index in [2.05, 4.69) is 11.6 Å². The molecular formula is C22H30ClN3O3S. The first-order chi connectivity index (χ1) is 14.2. The zero-order valence-corrected chi connectivity index (χ0v) is 19.6. The van der Waals surface area contributed by atoms with Crippen LogP contribution >= 0.6 is 23.4 Å². The van der Waals surface area contributed by atoms with Crippen molar-refractivity contribution in [2.24, 2.45) is 5.92 Å². The average molecular weight is 452 g/mol. The zero-order chi connectivity index (χ0) is 21.9. The molecule has 0 saturated heterocycles. The summed E-state index contributed by atoms with van der Waals surface area (Å²) in [5.74, 6) is 1.87. The number of carbonyl (C=O) groups is 1. The first kappa shape index (κ1) is 22.9. The van der Waals surface area contributed by atoms with E-state index >= 15 is 0 Å². The van der Waals surface area contributed by atoms with Crippen LogP contribution in [0.5, 0.6) is 0 Å². The smallest absolute Gasteiger partial charge is 0.408 e. The van der Waals surface area contributed by atoms with Crippen molar-refractivity contribution in [2.75, 3.05) is 12.0 Å². The molecule has 1 saturated carbocycles. The van der Waals surface area contributed by atoms with Gasteiger partial charge in [-0.05, 0) is 76.5 Å². The molecule has 1 N–H and O–H groups in total. The minimum absolute atomic E-state index is 0.151. The second kappa shape index (κ2) is 9.60. The van der Waals surface area contributed by atoms with Crippen LogP contribution in [-0.2, 0) is 11.3 Å². The van der Waals surface area contributed by atoms with Crippen LogP contribution in [0.4, 0.5) is 4.79 Å². The minimum Gasteiger partial charge on any atom is -0.444 e. The van der Waals surface area contributed by atoms with E-state index in [1.165, 1.54) is 0 Å². The molecule has 0 radical (unpaired) electrons. The number of benzene rings is 1. The van der Waals surface area contributed by atoms with Crippen molar-refractivity contribution in [2.45, 2.75) is 64.6 Å². The summed E-state index contributed by atoms with van der Waals surface area (Å²) in [7, 11) is 0. The van der Waals surface area contributed by atoms with Crippen molar-refractivity contribution < 1.29 is 9.53 Å². The summed E-state index contributed by atoms with van der Waals surface area (Å²) in [5, 5.41) is 3.81. The summed E-state index contributed by atoms with van der Waals surface area (Å²) in [4.78, 5) is 30.7. The molecule has 1 amide bonds. The number of halogens is 1. The van der Waals surface area contributed by atoms with Gasteiger partial charge in [0.25, 0.3) is 5.56 Å². The van der Waals surface area contributed by atoms with E-state index in [0.717, 1.165) is 31.4 Å². The predicted octanol–water partition coefficient (Wildman–Crippen LogP) is 5.17. The number of nitrogens with zero attached hydrogens (tertiary/aromatic N) is 2. The molecule has 6 nitrogen and oxygen atoms in total. The second-order valence-corrected chi connectivity index (χ2v) is 10.1. The topological polar surface area (TPSA) is 73.2 Å². The molecule has 0 spiro atoms. The normalized spacial score (nSPS) is 15.2. The summed E-state index contributed by atoms with van der Waals surface area (Å²) >= 11 is 8.12. The molecule has 30 heavy (non-hydrogen) atoms. The van der Waals surface area contributed by atoms with Gasteiger partial charge in [-0.3, -0.25) is 9.36 Å². The third-order valence-electron chi connectivity index (χ3n) is 4.99. The molecule has 1 aromatic carbocycles. The Morgan fingerprint density at radius 1 is 1.37 bits per heavy atom. The van der Waals surface area contributed by atoms with E-state index in [0.29, 0.717) is 28.3 Å². The standard InChI is InChI=1S/C22H30ClN3O3S/c1-22(2,3)29-21(28)25-18(14-10-11-14)19-24-16-9-7-8-15(23)17(16)20(27)26(19)12-5-6-13-30-4/h7-9,14,18H,5-6,10-13H2,1-4H3,(H,25,28)/t18-/m0/s1. The maximum Gasteiger partial charge on any atom is 0.408 e. The van der Waals surface area contributed by atoms with Crippen LogP contribution in [-0.4, -0.2) is 33.3 Å². The third-order valence-corrected chi connectivity index (χ3v) is 6.00. The monoisotopic (exact) mass is 451 g/mol. The molecule has 1 aliphatic carbocycles. The fraction of sp³-hybridized carbons (Fsp3) is 0.591. The number of hydrogen-bond acceptors (Lipinski definition) is 5. The number of fused-ring (bicyclic) bond motifs is 1. The van der Waals surface area contributed by atoms with Gasteiger partial charge < -0.3 is 10.1 Å². The Bertz CT molecular complexity index is 966. The van der Waals surface area contributed by atoms with Crippen molar-refractivity contribution in [3.8, 4) is 0 Å². The molecule has 2 aromatic rings. The number of amides is 1. The fourth-order valence-corrected chi connectivity index (χ4v) is 4.21. The maximum atomic E-state index is 13.4. The van der Waals surface area contributed by atoms with Crippen molar-refractivity contribution >= 4 is 40.4 Å². The number of aromatic nitrogens is 2. The predicted molar refractivity (Wildman–Crippen MR) is 123 cm³/mol. The zero-order valence-electron chi connectivity index (χ0n) is 18.0. The number of hydrogen-bond donors (Lipinski definition) is 1. The molecule has 8 heteroatoms. The van der Waals surface area contributed by atoms with Crippen molar-refractivity contribution in [3.63, 3.8) is 0 Å². The van der Waals surface area contributed by atoms with Gasteiger partial charge in [-0.15, -0.1) is 0 Å². The lowest BCUT2D eigenvalue weighted by Gasteiger charge is -2.25. The van der Waals surface area contributed by atoms with E-state index in [4.69, 9.17) is 21.3 Å². The highest BCUT2D eigenvalue weighted by Crippen LogP contribution is 2.41. The largest absolute Gasteiger partial charge is 0.444 e. The molecular weight excluding hydrogens is 422 g/mol. The quantitative estimate of drug-likeness (QED) is 0.560. The number of carbonyl (C=O) groups excluding carboxylic acids is 1. The van der Waals surface area contributed by atoms with Gasteiger partial charge in [-0.1, -0.05) is 17.7 Å². The SMILES string of the molecule is CSCCCCn1c([C@@H](NC(=O)OC(C)(C)C)C2CC2)nc2cccc(Cl)c2c1=O. The Morgan fingerprint density at radius 2 is 2.10 bits per heavy atom. The molecule has 1 aromatic heterocycles. The van der Waals surface area contributed by atoms with E-state index < -0.39 is 11.7 Å². The Hall–Kier alpha value is -1.73. The molecule has 1 atom stereocenters. The van der Waals surface area contributed by atoms with Gasteiger partial charge in [-0.2, -0.15) is 11.8 Å². The van der Waals surface area contributed by atoms with Crippen molar-refractivity contribution in [1.29, 1.82) is 0 Å².